The standard InChI is InChI=1S/C19H19ClN2O5/c1-11(23)12-4-6-13(7-5-12)21-18(24)10-19(25)22-15-9-16(26-2)14(20)8-17(15)27-3/h4-9H,10H2,1-3H3,(H,21,24)(H,22,25). The van der Waals surface area contributed by atoms with E-state index in [-0.39, 0.29) is 5.78 Å². The summed E-state index contributed by atoms with van der Waals surface area (Å²) in [4.78, 5) is 35.5. The summed E-state index contributed by atoms with van der Waals surface area (Å²) in [5.41, 5.74) is 1.36. The molecule has 27 heavy (non-hydrogen) atoms. The molecule has 0 aliphatic carbocycles. The van der Waals surface area contributed by atoms with Crippen LogP contribution in [0.4, 0.5) is 11.4 Å². The van der Waals surface area contributed by atoms with Crippen LogP contribution < -0.4 is 20.1 Å². The van der Waals surface area contributed by atoms with Gasteiger partial charge in [0.25, 0.3) is 0 Å². The van der Waals surface area contributed by atoms with Gasteiger partial charge >= 0.3 is 0 Å². The van der Waals surface area contributed by atoms with Crippen LogP contribution in [0.3, 0.4) is 0 Å². The molecule has 142 valence electrons. The molecule has 2 N–H and O–H groups in total. The maximum Gasteiger partial charge on any atom is 0.233 e. The molecule has 0 saturated carbocycles. The summed E-state index contributed by atoms with van der Waals surface area (Å²) in [5.74, 6) is -0.393. The number of hydrogen-bond donors (Lipinski definition) is 2. The number of ether oxygens (including phenoxy) is 2. The van der Waals surface area contributed by atoms with Crippen LogP contribution in [0.5, 0.6) is 11.5 Å². The van der Waals surface area contributed by atoms with E-state index >= 15 is 0 Å². The van der Waals surface area contributed by atoms with Crippen LogP contribution in [-0.2, 0) is 9.59 Å². The molecule has 0 atom stereocenters. The summed E-state index contributed by atoms with van der Waals surface area (Å²) in [6, 6.07) is 9.41. The number of methoxy groups -OCH3 is 2. The molecule has 0 radical (unpaired) electrons. The molecule has 2 aromatic rings. The molecule has 0 aromatic heterocycles. The van der Waals surface area contributed by atoms with Crippen LogP contribution in [0.2, 0.25) is 5.02 Å². The first kappa shape index (κ1) is 20.3. The average Bonchev–Trinajstić information content (AvgIpc) is 2.62. The lowest BCUT2D eigenvalue weighted by atomic mass is 10.1. The van der Waals surface area contributed by atoms with Crippen molar-refractivity contribution in [3.05, 3.63) is 47.0 Å². The van der Waals surface area contributed by atoms with Crippen LogP contribution in [-0.4, -0.2) is 31.8 Å². The van der Waals surface area contributed by atoms with Gasteiger partial charge in [-0.05, 0) is 31.2 Å². The fourth-order valence-electron chi connectivity index (χ4n) is 2.29. The number of ketones is 1. The average molecular weight is 391 g/mol. The van der Waals surface area contributed by atoms with Crippen molar-refractivity contribution in [2.75, 3.05) is 24.9 Å². The van der Waals surface area contributed by atoms with Crippen molar-refractivity contribution in [3.63, 3.8) is 0 Å². The minimum atomic E-state index is -0.532. The van der Waals surface area contributed by atoms with Crippen LogP contribution in [0, 0.1) is 0 Å². The van der Waals surface area contributed by atoms with Crippen molar-refractivity contribution in [1.29, 1.82) is 0 Å². The molecule has 0 unspecified atom stereocenters. The first-order chi connectivity index (χ1) is 12.8. The molecule has 0 fully saturated rings. The monoisotopic (exact) mass is 390 g/mol. The third kappa shape index (κ3) is 5.46. The number of nitrogens with one attached hydrogen (secondary N) is 2. The molecular formula is C19H19ClN2O5. The van der Waals surface area contributed by atoms with Crippen LogP contribution in [0.1, 0.15) is 23.7 Å². The zero-order valence-electron chi connectivity index (χ0n) is 15.1. The van der Waals surface area contributed by atoms with Gasteiger partial charge in [-0.2, -0.15) is 0 Å². The summed E-state index contributed by atoms with van der Waals surface area (Å²) >= 11 is 6.02. The molecule has 0 bridgehead atoms. The van der Waals surface area contributed by atoms with Gasteiger partial charge in [-0.3, -0.25) is 14.4 Å². The highest BCUT2D eigenvalue weighted by atomic mass is 35.5. The Morgan fingerprint density at radius 1 is 0.926 bits per heavy atom. The summed E-state index contributed by atoms with van der Waals surface area (Å²) in [5, 5.41) is 5.53. The zero-order valence-corrected chi connectivity index (χ0v) is 15.8. The van der Waals surface area contributed by atoms with Crippen LogP contribution in [0.15, 0.2) is 36.4 Å². The Balaban J connectivity index is 2.00. The maximum absolute atomic E-state index is 12.2. The molecule has 2 aromatic carbocycles. The van der Waals surface area contributed by atoms with Gasteiger partial charge in [-0.1, -0.05) is 11.6 Å². The fourth-order valence-corrected chi connectivity index (χ4v) is 2.52. The van der Waals surface area contributed by atoms with E-state index in [4.69, 9.17) is 21.1 Å². The first-order valence-corrected chi connectivity index (χ1v) is 8.34. The second-order valence-electron chi connectivity index (χ2n) is 5.59. The van der Waals surface area contributed by atoms with E-state index in [1.807, 2.05) is 0 Å². The number of anilines is 2. The highest BCUT2D eigenvalue weighted by molar-refractivity contribution is 6.32. The van der Waals surface area contributed by atoms with E-state index in [0.29, 0.717) is 33.5 Å². The molecule has 7 nitrogen and oxygen atoms in total. The second kappa shape index (κ2) is 9.05. The first-order valence-electron chi connectivity index (χ1n) is 7.96. The summed E-state index contributed by atoms with van der Waals surface area (Å²) in [6.45, 7) is 1.46. The predicted octanol–water partition coefficient (Wildman–Crippen LogP) is 3.53. The van der Waals surface area contributed by atoms with Crippen molar-refractivity contribution in [2.24, 2.45) is 0 Å². The largest absolute Gasteiger partial charge is 0.495 e. The normalized spacial score (nSPS) is 10.1. The van der Waals surface area contributed by atoms with Gasteiger partial charge in [0, 0.05) is 23.4 Å². The lowest BCUT2D eigenvalue weighted by Crippen LogP contribution is -2.21. The third-order valence-corrected chi connectivity index (χ3v) is 3.94. The minimum Gasteiger partial charge on any atom is -0.495 e. The summed E-state index contributed by atoms with van der Waals surface area (Å²) < 4.78 is 10.3. The number of hydrogen-bond acceptors (Lipinski definition) is 5. The Hall–Kier alpha value is -3.06. The van der Waals surface area contributed by atoms with Gasteiger partial charge in [0.05, 0.1) is 24.9 Å². The van der Waals surface area contributed by atoms with E-state index in [9.17, 15) is 14.4 Å². The lowest BCUT2D eigenvalue weighted by molar-refractivity contribution is -0.123. The summed E-state index contributed by atoms with van der Waals surface area (Å²) in [6.07, 6.45) is -0.400. The van der Waals surface area contributed by atoms with Gasteiger partial charge in [0.2, 0.25) is 11.8 Å². The minimum absolute atomic E-state index is 0.0698. The molecule has 2 rings (SSSR count). The molecular weight excluding hydrogens is 372 g/mol. The Morgan fingerprint density at radius 3 is 2.07 bits per heavy atom. The highest BCUT2D eigenvalue weighted by Crippen LogP contribution is 2.35. The van der Waals surface area contributed by atoms with Crippen molar-refractivity contribution in [1.82, 2.24) is 0 Å². The van der Waals surface area contributed by atoms with Crippen molar-refractivity contribution >= 4 is 40.6 Å². The molecule has 0 spiro atoms. The van der Waals surface area contributed by atoms with Gasteiger partial charge in [-0.15, -0.1) is 0 Å². The van der Waals surface area contributed by atoms with E-state index in [1.165, 1.54) is 33.3 Å². The number of carbonyl (C=O) groups excluding carboxylic acids is 3. The number of amides is 2. The molecule has 0 aliphatic heterocycles. The van der Waals surface area contributed by atoms with Crippen LogP contribution in [0.25, 0.3) is 0 Å². The third-order valence-electron chi connectivity index (χ3n) is 3.64. The molecule has 0 aliphatic rings. The van der Waals surface area contributed by atoms with Gasteiger partial charge < -0.3 is 20.1 Å². The van der Waals surface area contributed by atoms with Gasteiger partial charge in [0.15, 0.2) is 5.78 Å². The SMILES string of the molecule is COc1cc(NC(=O)CC(=O)Nc2ccc(C(C)=O)cc2)c(OC)cc1Cl. The van der Waals surface area contributed by atoms with E-state index in [1.54, 1.807) is 24.3 Å². The number of halogens is 1. The van der Waals surface area contributed by atoms with Crippen LogP contribution >= 0.6 is 11.6 Å². The summed E-state index contributed by atoms with van der Waals surface area (Å²) in [7, 11) is 2.88. The highest BCUT2D eigenvalue weighted by Gasteiger charge is 2.15. The molecule has 8 heteroatoms. The lowest BCUT2D eigenvalue weighted by Gasteiger charge is -2.13. The number of Topliss-reactive ketones (excluding diaryl/α,β-unsaturated/α-hetero) is 1. The Bertz CT molecular complexity index is 865. The Labute approximate surface area is 161 Å². The van der Waals surface area contributed by atoms with E-state index < -0.39 is 18.2 Å². The topological polar surface area (TPSA) is 93.7 Å². The van der Waals surface area contributed by atoms with Gasteiger partial charge in [0.1, 0.15) is 17.9 Å². The van der Waals surface area contributed by atoms with E-state index in [2.05, 4.69) is 10.6 Å². The zero-order chi connectivity index (χ0) is 20.0. The fraction of sp³-hybridized carbons (Fsp3) is 0.211. The quantitative estimate of drug-likeness (QED) is 0.557. The maximum atomic E-state index is 12.2. The number of benzene rings is 2. The molecule has 2 amide bonds. The number of carbonyl (C=O) groups is 3. The van der Waals surface area contributed by atoms with Crippen molar-refractivity contribution in [3.8, 4) is 11.5 Å². The predicted molar refractivity (Wildman–Crippen MR) is 103 cm³/mol. The van der Waals surface area contributed by atoms with Crippen molar-refractivity contribution < 1.29 is 23.9 Å². The van der Waals surface area contributed by atoms with Gasteiger partial charge in [-0.25, -0.2) is 0 Å². The smallest absolute Gasteiger partial charge is 0.233 e. The molecule has 0 saturated heterocycles. The second-order valence-corrected chi connectivity index (χ2v) is 6.00. The molecule has 0 heterocycles. The number of rotatable bonds is 7. The van der Waals surface area contributed by atoms with Crippen molar-refractivity contribution in [2.45, 2.75) is 13.3 Å². The Kier molecular flexibility index (Phi) is 6.79. The Morgan fingerprint density at radius 2 is 1.52 bits per heavy atom. The van der Waals surface area contributed by atoms with E-state index in [0.717, 1.165) is 0 Å².